The molecule has 0 N–H and O–H groups in total. The summed E-state index contributed by atoms with van der Waals surface area (Å²) in [7, 11) is 0. The van der Waals surface area contributed by atoms with Crippen LogP contribution in [0.3, 0.4) is 0 Å². The van der Waals surface area contributed by atoms with Crippen molar-refractivity contribution in [3.63, 3.8) is 0 Å². The molecule has 0 saturated heterocycles. The maximum absolute atomic E-state index is 4.58. The molecule has 1 heterocycles. The summed E-state index contributed by atoms with van der Waals surface area (Å²) in [6.45, 7) is 4.03. The van der Waals surface area contributed by atoms with Crippen molar-refractivity contribution in [2.24, 2.45) is 0 Å². The van der Waals surface area contributed by atoms with Crippen LogP contribution in [-0.4, -0.2) is 9.97 Å². The number of hydrogen-bond acceptors (Lipinski definition) is 3. The second-order valence-corrected chi connectivity index (χ2v) is 6.32. The van der Waals surface area contributed by atoms with Gasteiger partial charge in [0.2, 0.25) is 0 Å². The van der Waals surface area contributed by atoms with E-state index >= 15 is 0 Å². The summed E-state index contributed by atoms with van der Waals surface area (Å²) in [4.78, 5) is 9.15. The number of thioether (sulfide) groups is 1. The lowest BCUT2D eigenvalue weighted by Gasteiger charge is -2.17. The number of nitrogens with zero attached hydrogens (tertiary/aromatic N) is 2. The van der Waals surface area contributed by atoms with Crippen molar-refractivity contribution in [2.45, 2.75) is 24.3 Å². The highest BCUT2D eigenvalue weighted by Gasteiger charge is 2.17. The lowest BCUT2D eigenvalue weighted by atomic mass is 10.0. The Kier molecular flexibility index (Phi) is 4.54. The van der Waals surface area contributed by atoms with E-state index in [-0.39, 0.29) is 5.25 Å². The van der Waals surface area contributed by atoms with E-state index in [0.717, 1.165) is 16.5 Å². The third-order valence-electron chi connectivity index (χ3n) is 3.39. The number of rotatable bonds is 4. The monoisotopic (exact) mass is 306 g/mol. The van der Waals surface area contributed by atoms with Gasteiger partial charge in [0.15, 0.2) is 5.16 Å². The first kappa shape index (κ1) is 14.8. The molecular formula is C19H18N2S. The van der Waals surface area contributed by atoms with Crippen LogP contribution in [0.1, 0.15) is 27.8 Å². The molecule has 0 saturated carbocycles. The van der Waals surface area contributed by atoms with Gasteiger partial charge in [-0.05, 0) is 31.0 Å². The standard InChI is InChI=1S/C19H18N2S/c1-14-13-15(2)21-19(20-14)22-18(16-9-5-3-6-10-16)17-11-7-4-8-12-17/h3-13,18H,1-2H3. The Labute approximate surface area is 135 Å². The number of aromatic nitrogens is 2. The van der Waals surface area contributed by atoms with Gasteiger partial charge >= 0.3 is 0 Å². The van der Waals surface area contributed by atoms with Crippen LogP contribution >= 0.6 is 11.8 Å². The third kappa shape index (κ3) is 3.55. The number of benzene rings is 2. The highest BCUT2D eigenvalue weighted by Crippen LogP contribution is 2.38. The van der Waals surface area contributed by atoms with E-state index in [1.165, 1.54) is 11.1 Å². The molecule has 3 heteroatoms. The quantitative estimate of drug-likeness (QED) is 0.502. The van der Waals surface area contributed by atoms with E-state index in [2.05, 4.69) is 58.5 Å². The topological polar surface area (TPSA) is 25.8 Å². The molecule has 0 fully saturated rings. The van der Waals surface area contributed by atoms with Crippen molar-refractivity contribution < 1.29 is 0 Å². The van der Waals surface area contributed by atoms with Crippen molar-refractivity contribution in [2.75, 3.05) is 0 Å². The highest BCUT2D eigenvalue weighted by molar-refractivity contribution is 7.99. The first-order valence-electron chi connectivity index (χ1n) is 7.31. The van der Waals surface area contributed by atoms with Crippen molar-refractivity contribution in [1.82, 2.24) is 9.97 Å². The van der Waals surface area contributed by atoms with Gasteiger partial charge in [0.05, 0.1) is 5.25 Å². The van der Waals surface area contributed by atoms with E-state index in [9.17, 15) is 0 Å². The minimum absolute atomic E-state index is 0.198. The molecule has 1 aromatic heterocycles. The average Bonchev–Trinajstić information content (AvgIpc) is 2.53. The van der Waals surface area contributed by atoms with Crippen LogP contribution in [0.5, 0.6) is 0 Å². The predicted molar refractivity (Wildman–Crippen MR) is 92.1 cm³/mol. The van der Waals surface area contributed by atoms with E-state index in [0.29, 0.717) is 0 Å². The van der Waals surface area contributed by atoms with Gasteiger partial charge in [0.1, 0.15) is 0 Å². The highest BCUT2D eigenvalue weighted by atomic mass is 32.2. The lowest BCUT2D eigenvalue weighted by molar-refractivity contribution is 0.897. The molecule has 0 amide bonds. The molecule has 0 unspecified atom stereocenters. The Morgan fingerprint density at radius 1 is 0.727 bits per heavy atom. The molecule has 0 aliphatic heterocycles. The van der Waals surface area contributed by atoms with Gasteiger partial charge < -0.3 is 0 Å². The Hall–Kier alpha value is -2.13. The largest absolute Gasteiger partial charge is 0.228 e. The lowest BCUT2D eigenvalue weighted by Crippen LogP contribution is -2.00. The van der Waals surface area contributed by atoms with Gasteiger partial charge in [-0.1, -0.05) is 72.4 Å². The molecule has 3 aromatic rings. The summed E-state index contributed by atoms with van der Waals surface area (Å²) in [5.74, 6) is 0. The van der Waals surface area contributed by atoms with Crippen molar-refractivity contribution in [3.05, 3.63) is 89.2 Å². The van der Waals surface area contributed by atoms with Crippen molar-refractivity contribution in [3.8, 4) is 0 Å². The van der Waals surface area contributed by atoms with Gasteiger partial charge in [0, 0.05) is 11.4 Å². The Balaban J connectivity index is 1.99. The molecule has 0 aliphatic rings. The maximum Gasteiger partial charge on any atom is 0.188 e. The zero-order valence-corrected chi connectivity index (χ0v) is 13.5. The molecule has 0 radical (unpaired) electrons. The van der Waals surface area contributed by atoms with Crippen LogP contribution in [0.25, 0.3) is 0 Å². The number of aryl methyl sites for hydroxylation is 2. The predicted octanol–water partition coefficient (Wildman–Crippen LogP) is 4.98. The zero-order valence-electron chi connectivity index (χ0n) is 12.7. The second kappa shape index (κ2) is 6.75. The molecule has 3 rings (SSSR count). The van der Waals surface area contributed by atoms with E-state index in [1.807, 2.05) is 32.0 Å². The maximum atomic E-state index is 4.58. The fourth-order valence-corrected chi connectivity index (χ4v) is 3.63. The minimum Gasteiger partial charge on any atom is -0.228 e. The second-order valence-electron chi connectivity index (χ2n) is 5.25. The molecule has 0 aliphatic carbocycles. The van der Waals surface area contributed by atoms with Gasteiger partial charge in [0.25, 0.3) is 0 Å². The van der Waals surface area contributed by atoms with Crippen LogP contribution in [0.2, 0.25) is 0 Å². The van der Waals surface area contributed by atoms with Crippen LogP contribution in [0, 0.1) is 13.8 Å². The summed E-state index contributed by atoms with van der Waals surface area (Å²) < 4.78 is 0. The zero-order chi connectivity index (χ0) is 15.4. The summed E-state index contributed by atoms with van der Waals surface area (Å²) >= 11 is 1.70. The average molecular weight is 306 g/mol. The van der Waals surface area contributed by atoms with Gasteiger partial charge in [-0.25, -0.2) is 9.97 Å². The first-order chi connectivity index (χ1) is 10.7. The Bertz CT molecular complexity index is 682. The Morgan fingerprint density at radius 3 is 1.64 bits per heavy atom. The molecule has 0 atom stereocenters. The van der Waals surface area contributed by atoms with Crippen LogP contribution in [-0.2, 0) is 0 Å². The molecular weight excluding hydrogens is 288 g/mol. The summed E-state index contributed by atoms with van der Waals surface area (Å²) in [5.41, 5.74) is 4.55. The van der Waals surface area contributed by atoms with Crippen molar-refractivity contribution >= 4 is 11.8 Å². The first-order valence-corrected chi connectivity index (χ1v) is 8.19. The van der Waals surface area contributed by atoms with Crippen LogP contribution in [0.15, 0.2) is 71.9 Å². The molecule has 2 nitrogen and oxygen atoms in total. The summed E-state index contributed by atoms with van der Waals surface area (Å²) in [5, 5.41) is 1.03. The van der Waals surface area contributed by atoms with Gasteiger partial charge in [-0.3, -0.25) is 0 Å². The van der Waals surface area contributed by atoms with Crippen LogP contribution < -0.4 is 0 Å². The Morgan fingerprint density at radius 2 is 1.18 bits per heavy atom. The summed E-state index contributed by atoms with van der Waals surface area (Å²) in [6.07, 6.45) is 0. The third-order valence-corrected chi connectivity index (χ3v) is 4.56. The smallest absolute Gasteiger partial charge is 0.188 e. The fourth-order valence-electron chi connectivity index (χ4n) is 2.44. The van der Waals surface area contributed by atoms with Crippen LogP contribution in [0.4, 0.5) is 0 Å². The molecule has 0 spiro atoms. The molecule has 22 heavy (non-hydrogen) atoms. The van der Waals surface area contributed by atoms with E-state index in [1.54, 1.807) is 11.8 Å². The normalized spacial score (nSPS) is 10.9. The van der Waals surface area contributed by atoms with Gasteiger partial charge in [-0.2, -0.15) is 0 Å². The van der Waals surface area contributed by atoms with E-state index in [4.69, 9.17) is 0 Å². The molecule has 2 aromatic carbocycles. The minimum atomic E-state index is 0.198. The van der Waals surface area contributed by atoms with Gasteiger partial charge in [-0.15, -0.1) is 0 Å². The SMILES string of the molecule is Cc1cc(C)nc(SC(c2ccccc2)c2ccccc2)n1. The molecule has 110 valence electrons. The fraction of sp³-hybridized carbons (Fsp3) is 0.158. The summed E-state index contributed by atoms with van der Waals surface area (Å²) in [6, 6.07) is 23.0. The molecule has 0 bridgehead atoms. The van der Waals surface area contributed by atoms with E-state index < -0.39 is 0 Å². The number of hydrogen-bond donors (Lipinski definition) is 0. The van der Waals surface area contributed by atoms with Crippen molar-refractivity contribution in [1.29, 1.82) is 0 Å².